The molecule has 0 aliphatic rings. The van der Waals surface area contributed by atoms with Crippen LogP contribution in [0.3, 0.4) is 0 Å². The third kappa shape index (κ3) is 5.32. The van der Waals surface area contributed by atoms with Crippen LogP contribution in [0.5, 0.6) is 5.75 Å². The maximum atomic E-state index is 12.0. The lowest BCUT2D eigenvalue weighted by molar-refractivity contribution is -0.113. The molecule has 4 heteroatoms. The largest absolute Gasteiger partial charge is 0.497 e. The molecule has 0 unspecified atom stereocenters. The molecule has 0 saturated heterocycles. The number of rotatable bonds is 5. The highest BCUT2D eigenvalue weighted by Crippen LogP contribution is 2.25. The first kappa shape index (κ1) is 17.4. The summed E-state index contributed by atoms with van der Waals surface area (Å²) in [5.41, 5.74) is 2.22. The van der Waals surface area contributed by atoms with Crippen LogP contribution >= 0.6 is 11.8 Å². The van der Waals surface area contributed by atoms with Gasteiger partial charge < -0.3 is 10.1 Å². The standard InChI is InChI=1S/C19H23NO2S/c1-19(2,3)14-5-11-17(12-6-14)23-13-18(21)20-15-7-9-16(22-4)10-8-15/h5-12H,13H2,1-4H3,(H,20,21). The van der Waals surface area contributed by atoms with Crippen LogP contribution in [0.15, 0.2) is 53.4 Å². The van der Waals surface area contributed by atoms with Crippen LogP contribution in [0.2, 0.25) is 0 Å². The summed E-state index contributed by atoms with van der Waals surface area (Å²) in [6.07, 6.45) is 0. The second-order valence-electron chi connectivity index (χ2n) is 6.34. The van der Waals surface area contributed by atoms with Gasteiger partial charge in [0.15, 0.2) is 0 Å². The van der Waals surface area contributed by atoms with Crippen LogP contribution < -0.4 is 10.1 Å². The molecular formula is C19H23NO2S. The number of benzene rings is 2. The highest BCUT2D eigenvalue weighted by molar-refractivity contribution is 8.00. The van der Waals surface area contributed by atoms with Crippen LogP contribution in [0.1, 0.15) is 26.3 Å². The van der Waals surface area contributed by atoms with Crippen LogP contribution in [0, 0.1) is 0 Å². The molecule has 0 aliphatic heterocycles. The van der Waals surface area contributed by atoms with Crippen molar-refractivity contribution in [3.63, 3.8) is 0 Å². The molecule has 0 aliphatic carbocycles. The smallest absolute Gasteiger partial charge is 0.234 e. The van der Waals surface area contributed by atoms with Crippen molar-refractivity contribution in [1.82, 2.24) is 0 Å². The molecule has 0 fully saturated rings. The Bertz CT molecular complexity index is 643. The van der Waals surface area contributed by atoms with Crippen molar-refractivity contribution >= 4 is 23.4 Å². The van der Waals surface area contributed by atoms with Gasteiger partial charge in [0.1, 0.15) is 5.75 Å². The van der Waals surface area contributed by atoms with Crippen molar-refractivity contribution in [1.29, 1.82) is 0 Å². The van der Waals surface area contributed by atoms with Crippen molar-refractivity contribution in [2.24, 2.45) is 0 Å². The van der Waals surface area contributed by atoms with Crippen molar-refractivity contribution in [2.75, 3.05) is 18.2 Å². The summed E-state index contributed by atoms with van der Waals surface area (Å²) >= 11 is 1.54. The fourth-order valence-electron chi connectivity index (χ4n) is 2.07. The van der Waals surface area contributed by atoms with Crippen molar-refractivity contribution in [2.45, 2.75) is 31.1 Å². The molecule has 0 radical (unpaired) electrons. The molecule has 1 N–H and O–H groups in total. The summed E-state index contributed by atoms with van der Waals surface area (Å²) in [5, 5.41) is 2.88. The van der Waals surface area contributed by atoms with E-state index in [1.54, 1.807) is 7.11 Å². The zero-order valence-corrected chi connectivity index (χ0v) is 14.9. The first-order valence-electron chi connectivity index (χ1n) is 7.56. The maximum Gasteiger partial charge on any atom is 0.234 e. The SMILES string of the molecule is COc1ccc(NC(=O)CSc2ccc(C(C)(C)C)cc2)cc1. The Hall–Kier alpha value is -1.94. The zero-order chi connectivity index (χ0) is 16.9. The molecule has 0 bridgehead atoms. The Labute approximate surface area is 142 Å². The molecule has 122 valence electrons. The third-order valence-corrected chi connectivity index (χ3v) is 4.48. The van der Waals surface area contributed by atoms with E-state index in [-0.39, 0.29) is 11.3 Å². The number of anilines is 1. The highest BCUT2D eigenvalue weighted by atomic mass is 32.2. The van der Waals surface area contributed by atoms with Gasteiger partial charge >= 0.3 is 0 Å². The van der Waals surface area contributed by atoms with E-state index in [0.717, 1.165) is 16.3 Å². The number of nitrogens with one attached hydrogen (secondary N) is 1. The second kappa shape index (κ2) is 7.55. The minimum absolute atomic E-state index is 0.0138. The van der Waals surface area contributed by atoms with Gasteiger partial charge in [-0.15, -0.1) is 11.8 Å². The number of hydrogen-bond acceptors (Lipinski definition) is 3. The van der Waals surface area contributed by atoms with Crippen molar-refractivity contribution in [3.05, 3.63) is 54.1 Å². The summed E-state index contributed by atoms with van der Waals surface area (Å²) in [5.74, 6) is 1.15. The highest BCUT2D eigenvalue weighted by Gasteiger charge is 2.13. The molecule has 0 atom stereocenters. The predicted octanol–water partition coefficient (Wildman–Crippen LogP) is 4.72. The van der Waals surface area contributed by atoms with E-state index < -0.39 is 0 Å². The molecular weight excluding hydrogens is 306 g/mol. The minimum Gasteiger partial charge on any atom is -0.497 e. The zero-order valence-electron chi connectivity index (χ0n) is 14.1. The van der Waals surface area contributed by atoms with E-state index >= 15 is 0 Å². The first-order chi connectivity index (χ1) is 10.9. The Kier molecular flexibility index (Phi) is 5.72. The average Bonchev–Trinajstić information content (AvgIpc) is 2.53. The number of methoxy groups -OCH3 is 1. The Balaban J connectivity index is 1.86. The lowest BCUT2D eigenvalue weighted by Gasteiger charge is -2.19. The summed E-state index contributed by atoms with van der Waals surface area (Å²) in [6, 6.07) is 15.7. The molecule has 0 saturated carbocycles. The van der Waals surface area contributed by atoms with Crippen molar-refractivity contribution in [3.8, 4) is 5.75 Å². The molecule has 0 heterocycles. The molecule has 2 aromatic rings. The van der Waals surface area contributed by atoms with E-state index in [0.29, 0.717) is 5.75 Å². The van der Waals surface area contributed by atoms with Gasteiger partial charge in [-0.1, -0.05) is 32.9 Å². The molecule has 1 amide bonds. The van der Waals surface area contributed by atoms with Gasteiger partial charge in [-0.2, -0.15) is 0 Å². The quantitative estimate of drug-likeness (QED) is 0.806. The number of carbonyl (C=O) groups is 1. The summed E-state index contributed by atoms with van der Waals surface area (Å²) in [6.45, 7) is 6.58. The molecule has 0 aromatic heterocycles. The molecule has 2 rings (SSSR count). The normalized spacial score (nSPS) is 11.1. The van der Waals surface area contributed by atoms with Crippen LogP contribution in [-0.4, -0.2) is 18.8 Å². The Morgan fingerprint density at radius 1 is 1.04 bits per heavy atom. The number of amides is 1. The fourth-order valence-corrected chi connectivity index (χ4v) is 2.77. The summed E-state index contributed by atoms with van der Waals surface area (Å²) in [7, 11) is 1.62. The second-order valence-corrected chi connectivity index (χ2v) is 7.39. The van der Waals surface area contributed by atoms with Crippen LogP contribution in [0.25, 0.3) is 0 Å². The molecule has 0 spiro atoms. The topological polar surface area (TPSA) is 38.3 Å². The number of thioether (sulfide) groups is 1. The van der Waals surface area contributed by atoms with Crippen molar-refractivity contribution < 1.29 is 9.53 Å². The van der Waals surface area contributed by atoms with E-state index in [9.17, 15) is 4.79 Å². The number of hydrogen-bond donors (Lipinski definition) is 1. The van der Waals surface area contributed by atoms with E-state index in [4.69, 9.17) is 4.74 Å². The monoisotopic (exact) mass is 329 g/mol. The molecule has 2 aromatic carbocycles. The van der Waals surface area contributed by atoms with Gasteiger partial charge in [0.05, 0.1) is 12.9 Å². The predicted molar refractivity (Wildman–Crippen MR) is 97.5 cm³/mol. The van der Waals surface area contributed by atoms with E-state index in [2.05, 4.69) is 50.4 Å². The van der Waals surface area contributed by atoms with E-state index in [1.807, 2.05) is 24.3 Å². The third-order valence-electron chi connectivity index (χ3n) is 3.46. The molecule has 23 heavy (non-hydrogen) atoms. The van der Waals surface area contributed by atoms with Gasteiger partial charge in [0, 0.05) is 10.6 Å². The van der Waals surface area contributed by atoms with Crippen LogP contribution in [0.4, 0.5) is 5.69 Å². The van der Waals surface area contributed by atoms with Gasteiger partial charge in [-0.3, -0.25) is 4.79 Å². The molecule has 3 nitrogen and oxygen atoms in total. The number of carbonyl (C=O) groups excluding carboxylic acids is 1. The Morgan fingerprint density at radius 3 is 2.17 bits per heavy atom. The Morgan fingerprint density at radius 2 is 1.65 bits per heavy atom. The maximum absolute atomic E-state index is 12.0. The van der Waals surface area contributed by atoms with Gasteiger partial charge in [0.25, 0.3) is 0 Å². The average molecular weight is 329 g/mol. The minimum atomic E-state index is -0.0138. The van der Waals surface area contributed by atoms with Crippen LogP contribution in [-0.2, 0) is 10.2 Å². The summed E-state index contributed by atoms with van der Waals surface area (Å²) < 4.78 is 5.10. The fraction of sp³-hybridized carbons (Fsp3) is 0.316. The lowest BCUT2D eigenvalue weighted by atomic mass is 9.87. The van der Waals surface area contributed by atoms with Gasteiger partial charge in [0.2, 0.25) is 5.91 Å². The van der Waals surface area contributed by atoms with Gasteiger partial charge in [-0.25, -0.2) is 0 Å². The first-order valence-corrected chi connectivity index (χ1v) is 8.54. The van der Waals surface area contributed by atoms with Gasteiger partial charge in [-0.05, 0) is 47.4 Å². The number of ether oxygens (including phenoxy) is 1. The van der Waals surface area contributed by atoms with E-state index in [1.165, 1.54) is 17.3 Å². The summed E-state index contributed by atoms with van der Waals surface area (Å²) in [4.78, 5) is 13.1. The lowest BCUT2D eigenvalue weighted by Crippen LogP contribution is -2.14.